The van der Waals surface area contributed by atoms with Crippen LogP contribution in [0.5, 0.6) is 0 Å². The average Bonchev–Trinajstić information content (AvgIpc) is 3.07. The molecule has 2 aromatic carbocycles. The third-order valence-electron chi connectivity index (χ3n) is 4.97. The molecule has 0 radical (unpaired) electrons. The summed E-state index contributed by atoms with van der Waals surface area (Å²) >= 11 is 0. The van der Waals surface area contributed by atoms with E-state index in [-0.39, 0.29) is 24.3 Å². The molecule has 2 heterocycles. The summed E-state index contributed by atoms with van der Waals surface area (Å²) in [5.41, 5.74) is 2.69. The predicted octanol–water partition coefficient (Wildman–Crippen LogP) is 3.79. The van der Waals surface area contributed by atoms with Crippen molar-refractivity contribution in [3.05, 3.63) is 71.9 Å². The van der Waals surface area contributed by atoms with Crippen molar-refractivity contribution >= 4 is 22.8 Å². The summed E-state index contributed by atoms with van der Waals surface area (Å²) in [6.45, 7) is 3.18. The van der Waals surface area contributed by atoms with Crippen LogP contribution in [-0.4, -0.2) is 34.5 Å². The van der Waals surface area contributed by atoms with E-state index in [2.05, 4.69) is 0 Å². The molecule has 0 saturated heterocycles. The zero-order valence-corrected chi connectivity index (χ0v) is 15.3. The molecule has 5 nitrogen and oxygen atoms in total. The first-order valence-corrected chi connectivity index (χ1v) is 9.26. The molecule has 1 atom stereocenters. The number of carbonyl (C=O) groups is 2. The maximum Gasteiger partial charge on any atom is 0.307 e. The number of nitrogens with zero attached hydrogens (tertiary/aromatic N) is 2. The molecular formula is C22H22N2O3. The molecule has 0 unspecified atom stereocenters. The van der Waals surface area contributed by atoms with Gasteiger partial charge in [0.25, 0.3) is 5.91 Å². The monoisotopic (exact) mass is 362 g/mol. The minimum absolute atomic E-state index is 0.00448. The number of carbonyl (C=O) groups excluding carboxylic acids is 2. The maximum absolute atomic E-state index is 13.1. The van der Waals surface area contributed by atoms with Crippen molar-refractivity contribution in [2.45, 2.75) is 25.9 Å². The fourth-order valence-electron chi connectivity index (χ4n) is 3.82. The standard InChI is InChI=1S/C22H22N2O3/c1-2-27-21(25)13-18-15-23(14-16-8-4-3-5-9-16)22(26)20-12-17-10-6-7-11-19(17)24(18)20/h3-12,18H,2,13-15H2,1H3/t18-/m1/s1. The van der Waals surface area contributed by atoms with E-state index in [1.54, 1.807) is 6.92 Å². The normalized spacial score (nSPS) is 16.4. The molecule has 27 heavy (non-hydrogen) atoms. The lowest BCUT2D eigenvalue weighted by Crippen LogP contribution is -2.43. The van der Waals surface area contributed by atoms with Crippen molar-refractivity contribution in [2.24, 2.45) is 0 Å². The van der Waals surface area contributed by atoms with Crippen molar-refractivity contribution in [3.63, 3.8) is 0 Å². The maximum atomic E-state index is 13.1. The van der Waals surface area contributed by atoms with E-state index in [0.717, 1.165) is 16.5 Å². The number of ether oxygens (including phenoxy) is 1. The number of hydrogen-bond donors (Lipinski definition) is 0. The Kier molecular flexibility index (Phi) is 4.67. The Morgan fingerprint density at radius 1 is 1.11 bits per heavy atom. The molecule has 1 aromatic heterocycles. The largest absolute Gasteiger partial charge is 0.466 e. The van der Waals surface area contributed by atoms with E-state index in [9.17, 15) is 9.59 Å². The molecule has 3 aromatic rings. The second-order valence-corrected chi connectivity index (χ2v) is 6.79. The van der Waals surface area contributed by atoms with Crippen LogP contribution in [0.25, 0.3) is 10.9 Å². The van der Waals surface area contributed by atoms with Gasteiger partial charge in [-0.3, -0.25) is 9.59 Å². The van der Waals surface area contributed by atoms with Crippen LogP contribution in [0.4, 0.5) is 0 Å². The van der Waals surface area contributed by atoms with Gasteiger partial charge in [0.15, 0.2) is 0 Å². The summed E-state index contributed by atoms with van der Waals surface area (Å²) in [5, 5.41) is 1.01. The van der Waals surface area contributed by atoms with E-state index in [1.807, 2.05) is 70.1 Å². The van der Waals surface area contributed by atoms with Crippen LogP contribution in [0, 0.1) is 0 Å². The first-order valence-electron chi connectivity index (χ1n) is 9.26. The van der Waals surface area contributed by atoms with Gasteiger partial charge in [0, 0.05) is 24.0 Å². The Balaban J connectivity index is 1.72. The first kappa shape index (κ1) is 17.3. The van der Waals surface area contributed by atoms with Crippen LogP contribution in [0.2, 0.25) is 0 Å². The SMILES string of the molecule is CCOC(=O)C[C@@H]1CN(Cc2ccccc2)C(=O)c2cc3ccccc3n21. The predicted molar refractivity (Wildman–Crippen MR) is 103 cm³/mol. The van der Waals surface area contributed by atoms with Crippen LogP contribution in [0.3, 0.4) is 0 Å². The van der Waals surface area contributed by atoms with Crippen LogP contribution in [0.1, 0.15) is 35.4 Å². The van der Waals surface area contributed by atoms with Crippen molar-refractivity contribution in [2.75, 3.05) is 13.2 Å². The second kappa shape index (κ2) is 7.27. The molecule has 138 valence electrons. The number of hydrogen-bond acceptors (Lipinski definition) is 3. The Bertz CT molecular complexity index is 978. The summed E-state index contributed by atoms with van der Waals surface area (Å²) in [5.74, 6) is -0.240. The quantitative estimate of drug-likeness (QED) is 0.649. The van der Waals surface area contributed by atoms with E-state index >= 15 is 0 Å². The third-order valence-corrected chi connectivity index (χ3v) is 4.97. The number of benzene rings is 2. The summed E-state index contributed by atoms with van der Waals surface area (Å²) in [6, 6.07) is 19.6. The van der Waals surface area contributed by atoms with E-state index in [4.69, 9.17) is 4.74 Å². The van der Waals surface area contributed by atoms with Crippen LogP contribution in [-0.2, 0) is 16.1 Å². The van der Waals surface area contributed by atoms with Gasteiger partial charge in [0.05, 0.1) is 19.1 Å². The fraction of sp³-hybridized carbons (Fsp3) is 0.273. The number of fused-ring (bicyclic) bond motifs is 3. The lowest BCUT2D eigenvalue weighted by atomic mass is 10.1. The zero-order valence-electron chi connectivity index (χ0n) is 15.3. The van der Waals surface area contributed by atoms with Gasteiger partial charge in [-0.15, -0.1) is 0 Å². The van der Waals surface area contributed by atoms with Crippen LogP contribution in [0.15, 0.2) is 60.7 Å². The second-order valence-electron chi connectivity index (χ2n) is 6.79. The molecule has 0 fully saturated rings. The number of esters is 1. The molecular weight excluding hydrogens is 340 g/mol. The van der Waals surface area contributed by atoms with Crippen molar-refractivity contribution in [1.29, 1.82) is 0 Å². The van der Waals surface area contributed by atoms with Crippen molar-refractivity contribution in [1.82, 2.24) is 9.47 Å². The minimum atomic E-state index is -0.236. The Labute approximate surface area is 158 Å². The molecule has 0 spiro atoms. The summed E-state index contributed by atoms with van der Waals surface area (Å²) in [7, 11) is 0. The molecule has 0 N–H and O–H groups in total. The highest BCUT2D eigenvalue weighted by molar-refractivity contribution is 6.00. The summed E-state index contributed by atoms with van der Waals surface area (Å²) in [4.78, 5) is 27.2. The lowest BCUT2D eigenvalue weighted by molar-refractivity contribution is -0.144. The molecule has 0 aliphatic carbocycles. The van der Waals surface area contributed by atoms with Gasteiger partial charge >= 0.3 is 5.97 Å². The summed E-state index contributed by atoms with van der Waals surface area (Å²) < 4.78 is 7.18. The van der Waals surface area contributed by atoms with Crippen molar-refractivity contribution < 1.29 is 14.3 Å². The van der Waals surface area contributed by atoms with Crippen molar-refractivity contribution in [3.8, 4) is 0 Å². The Morgan fingerprint density at radius 3 is 2.63 bits per heavy atom. The topological polar surface area (TPSA) is 51.5 Å². The molecule has 5 heteroatoms. The Morgan fingerprint density at radius 2 is 1.85 bits per heavy atom. The number of para-hydroxylation sites is 1. The van der Waals surface area contributed by atoms with Gasteiger partial charge in [-0.25, -0.2) is 0 Å². The lowest BCUT2D eigenvalue weighted by Gasteiger charge is -2.35. The highest BCUT2D eigenvalue weighted by Crippen LogP contribution is 2.32. The molecule has 4 rings (SSSR count). The molecule has 1 aliphatic rings. The van der Waals surface area contributed by atoms with Gasteiger partial charge in [0.2, 0.25) is 0 Å². The number of aromatic nitrogens is 1. The third kappa shape index (κ3) is 3.33. The van der Waals surface area contributed by atoms with Gasteiger partial charge in [-0.05, 0) is 24.6 Å². The van der Waals surface area contributed by atoms with E-state index in [1.165, 1.54) is 0 Å². The first-order chi connectivity index (χ1) is 13.2. The van der Waals surface area contributed by atoms with Gasteiger partial charge in [-0.2, -0.15) is 0 Å². The van der Waals surface area contributed by atoms with E-state index < -0.39 is 0 Å². The highest BCUT2D eigenvalue weighted by atomic mass is 16.5. The van der Waals surface area contributed by atoms with E-state index in [0.29, 0.717) is 25.4 Å². The van der Waals surface area contributed by atoms with Crippen LogP contribution >= 0.6 is 0 Å². The fourth-order valence-corrected chi connectivity index (χ4v) is 3.82. The smallest absolute Gasteiger partial charge is 0.307 e. The van der Waals surface area contributed by atoms with Crippen LogP contribution < -0.4 is 0 Å². The summed E-state index contributed by atoms with van der Waals surface area (Å²) in [6.07, 6.45) is 0.248. The zero-order chi connectivity index (χ0) is 18.8. The number of rotatable bonds is 5. The van der Waals surface area contributed by atoms with Gasteiger partial charge in [-0.1, -0.05) is 48.5 Å². The molecule has 1 aliphatic heterocycles. The highest BCUT2D eigenvalue weighted by Gasteiger charge is 2.34. The molecule has 1 amide bonds. The molecule has 0 saturated carbocycles. The molecule has 0 bridgehead atoms. The van der Waals surface area contributed by atoms with Gasteiger partial charge < -0.3 is 14.2 Å². The van der Waals surface area contributed by atoms with Gasteiger partial charge in [0.1, 0.15) is 5.69 Å². The Hall–Kier alpha value is -3.08. The average molecular weight is 362 g/mol. The number of amides is 1. The minimum Gasteiger partial charge on any atom is -0.466 e.